The van der Waals surface area contributed by atoms with E-state index in [1.165, 1.54) is 12.3 Å². The Morgan fingerprint density at radius 1 is 1.69 bits per heavy atom. The number of hydrogen-bond donors (Lipinski definition) is 1. The first-order chi connectivity index (χ1) is 7.66. The van der Waals surface area contributed by atoms with E-state index in [-0.39, 0.29) is 11.9 Å². The largest absolute Gasteiger partial charge is 0.378 e. The van der Waals surface area contributed by atoms with E-state index in [0.29, 0.717) is 17.5 Å². The minimum absolute atomic E-state index is 0.225. The highest BCUT2D eigenvalue weighted by atomic mass is 35.5. The lowest BCUT2D eigenvalue weighted by molar-refractivity contribution is 0.108. The summed E-state index contributed by atoms with van der Waals surface area (Å²) < 4.78 is 18.8. The molecule has 0 aromatic carbocycles. The third kappa shape index (κ3) is 2.62. The Balaban J connectivity index is 1.94. The van der Waals surface area contributed by atoms with Crippen LogP contribution in [0.25, 0.3) is 0 Å². The zero-order valence-electron chi connectivity index (χ0n) is 9.04. The van der Waals surface area contributed by atoms with Gasteiger partial charge in [0.2, 0.25) is 0 Å². The highest BCUT2D eigenvalue weighted by Gasteiger charge is 2.24. The second-order valence-corrected chi connectivity index (χ2v) is 4.43. The van der Waals surface area contributed by atoms with Gasteiger partial charge in [-0.05, 0) is 19.4 Å². The Kier molecular flexibility index (Phi) is 3.61. The fraction of sp³-hybridized carbons (Fsp3) is 0.545. The van der Waals surface area contributed by atoms with Gasteiger partial charge < -0.3 is 10.1 Å². The van der Waals surface area contributed by atoms with E-state index in [1.54, 1.807) is 0 Å². The van der Waals surface area contributed by atoms with Crippen molar-refractivity contribution < 1.29 is 9.13 Å². The Morgan fingerprint density at radius 2 is 2.50 bits per heavy atom. The molecule has 3 nitrogen and oxygen atoms in total. The maximum Gasteiger partial charge on any atom is 0.166 e. The van der Waals surface area contributed by atoms with Gasteiger partial charge in [0.05, 0.1) is 11.1 Å². The normalized spacial score (nSPS) is 24.7. The fourth-order valence-corrected chi connectivity index (χ4v) is 1.96. The van der Waals surface area contributed by atoms with E-state index in [9.17, 15) is 4.39 Å². The van der Waals surface area contributed by atoms with Gasteiger partial charge in [-0.2, -0.15) is 0 Å². The van der Waals surface area contributed by atoms with Gasteiger partial charge in [0, 0.05) is 25.3 Å². The van der Waals surface area contributed by atoms with Crippen molar-refractivity contribution in [1.29, 1.82) is 0 Å². The van der Waals surface area contributed by atoms with Crippen LogP contribution >= 0.6 is 11.6 Å². The molecular formula is C11H14ClFN2O. The number of rotatable bonds is 3. The van der Waals surface area contributed by atoms with E-state index in [1.807, 2.05) is 6.92 Å². The summed E-state index contributed by atoms with van der Waals surface area (Å²) in [4.78, 5) is 3.90. The maximum absolute atomic E-state index is 13.4. The quantitative estimate of drug-likeness (QED) is 0.888. The molecule has 1 fully saturated rings. The van der Waals surface area contributed by atoms with Crippen molar-refractivity contribution in [3.63, 3.8) is 0 Å². The lowest BCUT2D eigenvalue weighted by atomic mass is 10.0. The molecule has 16 heavy (non-hydrogen) atoms. The number of halogens is 2. The van der Waals surface area contributed by atoms with Crippen molar-refractivity contribution in [2.75, 3.05) is 18.5 Å². The number of hydrogen-bond acceptors (Lipinski definition) is 3. The topological polar surface area (TPSA) is 34.1 Å². The Bertz CT molecular complexity index is 375. The molecule has 1 aromatic rings. The number of aromatic nitrogens is 1. The molecule has 0 radical (unpaired) electrons. The summed E-state index contributed by atoms with van der Waals surface area (Å²) in [7, 11) is 0. The summed E-state index contributed by atoms with van der Waals surface area (Å²) in [5, 5.41) is 3.29. The van der Waals surface area contributed by atoms with Crippen LogP contribution in [0.3, 0.4) is 0 Å². The molecule has 1 aromatic heterocycles. The highest BCUT2D eigenvalue weighted by molar-refractivity contribution is 6.30. The van der Waals surface area contributed by atoms with Gasteiger partial charge in [0.25, 0.3) is 0 Å². The van der Waals surface area contributed by atoms with Crippen molar-refractivity contribution in [3.8, 4) is 0 Å². The van der Waals surface area contributed by atoms with Crippen LogP contribution in [0.4, 0.5) is 10.2 Å². The minimum atomic E-state index is -0.418. The van der Waals surface area contributed by atoms with Crippen molar-refractivity contribution in [2.45, 2.75) is 19.4 Å². The van der Waals surface area contributed by atoms with Crippen LogP contribution in [0.1, 0.15) is 13.3 Å². The van der Waals surface area contributed by atoms with Crippen molar-refractivity contribution >= 4 is 17.4 Å². The molecule has 1 N–H and O–H groups in total. The molecule has 2 atom stereocenters. The van der Waals surface area contributed by atoms with Gasteiger partial charge in [-0.1, -0.05) is 11.6 Å². The van der Waals surface area contributed by atoms with Gasteiger partial charge in [0.15, 0.2) is 11.6 Å². The Hall–Kier alpha value is -0.870. The lowest BCUT2D eigenvalue weighted by Crippen LogP contribution is -2.21. The number of ether oxygens (including phenoxy) is 1. The van der Waals surface area contributed by atoms with Gasteiger partial charge >= 0.3 is 0 Å². The first kappa shape index (κ1) is 11.6. The Morgan fingerprint density at radius 3 is 3.12 bits per heavy atom. The average Bonchev–Trinajstić information content (AvgIpc) is 2.63. The molecule has 2 heterocycles. The van der Waals surface area contributed by atoms with Gasteiger partial charge in [0.1, 0.15) is 0 Å². The first-order valence-corrected chi connectivity index (χ1v) is 5.71. The molecule has 0 aliphatic carbocycles. The van der Waals surface area contributed by atoms with Crippen LogP contribution in [-0.4, -0.2) is 24.2 Å². The predicted octanol–water partition coefficient (Wildman–Crippen LogP) is 2.71. The zero-order chi connectivity index (χ0) is 11.5. The summed E-state index contributed by atoms with van der Waals surface area (Å²) in [6, 6.07) is 1.26. The third-order valence-corrected chi connectivity index (χ3v) is 3.08. The number of pyridine rings is 1. The summed E-state index contributed by atoms with van der Waals surface area (Å²) in [6.45, 7) is 3.49. The maximum atomic E-state index is 13.4. The van der Waals surface area contributed by atoms with Crippen LogP contribution in [-0.2, 0) is 4.74 Å². The molecule has 0 saturated carbocycles. The predicted molar refractivity (Wildman–Crippen MR) is 61.2 cm³/mol. The monoisotopic (exact) mass is 244 g/mol. The Labute approximate surface area is 99.0 Å². The van der Waals surface area contributed by atoms with Crippen molar-refractivity contribution in [2.24, 2.45) is 5.92 Å². The SMILES string of the molecule is CC1OCCC1CNc1ncc(Cl)cc1F. The molecule has 2 unspecified atom stereocenters. The number of nitrogens with zero attached hydrogens (tertiary/aromatic N) is 1. The minimum Gasteiger partial charge on any atom is -0.378 e. The van der Waals surface area contributed by atoms with E-state index >= 15 is 0 Å². The highest BCUT2D eigenvalue weighted by Crippen LogP contribution is 2.22. The fourth-order valence-electron chi connectivity index (χ4n) is 1.82. The first-order valence-electron chi connectivity index (χ1n) is 5.33. The van der Waals surface area contributed by atoms with Crippen LogP contribution < -0.4 is 5.32 Å². The summed E-state index contributed by atoms with van der Waals surface area (Å²) in [5.41, 5.74) is 0. The molecule has 1 aliphatic rings. The van der Waals surface area contributed by atoms with E-state index in [2.05, 4.69) is 10.3 Å². The van der Waals surface area contributed by atoms with Crippen molar-refractivity contribution in [3.05, 3.63) is 23.1 Å². The zero-order valence-corrected chi connectivity index (χ0v) is 9.80. The number of nitrogens with one attached hydrogen (secondary N) is 1. The summed E-state index contributed by atoms with van der Waals surface area (Å²) in [5.74, 6) is 0.249. The van der Waals surface area contributed by atoms with Crippen molar-refractivity contribution in [1.82, 2.24) is 4.98 Å². The summed E-state index contributed by atoms with van der Waals surface area (Å²) >= 11 is 5.62. The molecule has 0 bridgehead atoms. The van der Waals surface area contributed by atoms with Crippen LogP contribution in [0.5, 0.6) is 0 Å². The molecule has 88 valence electrons. The third-order valence-electron chi connectivity index (χ3n) is 2.87. The molecule has 0 spiro atoms. The second kappa shape index (κ2) is 4.97. The van der Waals surface area contributed by atoms with Crippen LogP contribution in [0, 0.1) is 11.7 Å². The standard InChI is InChI=1S/C11H14ClFN2O/c1-7-8(2-3-16-7)5-14-11-10(13)4-9(12)6-15-11/h4,6-8H,2-3,5H2,1H3,(H,14,15). The summed E-state index contributed by atoms with van der Waals surface area (Å²) in [6.07, 6.45) is 2.66. The van der Waals surface area contributed by atoms with E-state index in [4.69, 9.17) is 16.3 Å². The van der Waals surface area contributed by atoms with E-state index in [0.717, 1.165) is 13.0 Å². The molecule has 0 amide bonds. The lowest BCUT2D eigenvalue weighted by Gasteiger charge is -2.15. The van der Waals surface area contributed by atoms with E-state index < -0.39 is 5.82 Å². The molecule has 1 saturated heterocycles. The van der Waals surface area contributed by atoms with Crippen LogP contribution in [0.2, 0.25) is 5.02 Å². The molecular weight excluding hydrogens is 231 g/mol. The number of anilines is 1. The van der Waals surface area contributed by atoms with Gasteiger partial charge in [-0.25, -0.2) is 9.37 Å². The average molecular weight is 245 g/mol. The molecule has 2 rings (SSSR count). The smallest absolute Gasteiger partial charge is 0.166 e. The van der Waals surface area contributed by atoms with Gasteiger partial charge in [-0.15, -0.1) is 0 Å². The molecule has 5 heteroatoms. The van der Waals surface area contributed by atoms with Crippen LogP contribution in [0.15, 0.2) is 12.3 Å². The van der Waals surface area contributed by atoms with Gasteiger partial charge in [-0.3, -0.25) is 0 Å². The molecule has 1 aliphatic heterocycles. The second-order valence-electron chi connectivity index (χ2n) is 3.99.